The lowest BCUT2D eigenvalue weighted by Gasteiger charge is -2.47. The second-order valence-corrected chi connectivity index (χ2v) is 16.1. The Labute approximate surface area is 162 Å². The van der Waals surface area contributed by atoms with Crippen LogP contribution < -0.4 is 0 Å². The first kappa shape index (κ1) is 22.3. The van der Waals surface area contributed by atoms with Crippen molar-refractivity contribution in [1.82, 2.24) is 0 Å². The molecule has 0 aliphatic carbocycles. The summed E-state index contributed by atoms with van der Waals surface area (Å²) in [6.07, 6.45) is 1.52. The van der Waals surface area contributed by atoms with Crippen LogP contribution in [0.1, 0.15) is 41.5 Å². The first-order chi connectivity index (χ1) is 10.5. The van der Waals surface area contributed by atoms with E-state index in [0.717, 1.165) is 0 Å². The molecule has 0 saturated heterocycles. The predicted octanol–water partition coefficient (Wildman–Crippen LogP) is 6.15. The standard InChI is InChI=1S/C17H30Cl3NO2Si/c1-10-16(11-22-13(21-16)17(18,19)20)12(14(2,3)4)23-24(8,9)15(5,6)7/h10,12H,1,11H2,2-9H3/t12-,16-/m1/s1. The SMILES string of the molecule is C=C[C@]1([C@H](O[Si](C)(C)C(C)(C)C)C(C)(C)C)COC(C(Cl)(Cl)Cl)=N1. The molecule has 24 heavy (non-hydrogen) atoms. The van der Waals surface area contributed by atoms with Crippen molar-refractivity contribution in [1.29, 1.82) is 0 Å². The zero-order valence-corrected chi connectivity index (χ0v) is 19.2. The molecular formula is C17H30Cl3NO2Si. The van der Waals surface area contributed by atoms with E-state index < -0.39 is 17.6 Å². The van der Waals surface area contributed by atoms with Gasteiger partial charge in [0.2, 0.25) is 5.90 Å². The molecule has 0 bridgehead atoms. The van der Waals surface area contributed by atoms with Crippen LogP contribution in [0.15, 0.2) is 17.6 Å². The highest BCUT2D eigenvalue weighted by atomic mass is 35.6. The van der Waals surface area contributed by atoms with Crippen molar-refractivity contribution in [2.45, 2.75) is 75.1 Å². The minimum atomic E-state index is -2.05. The van der Waals surface area contributed by atoms with Crippen molar-refractivity contribution in [3.05, 3.63) is 12.7 Å². The van der Waals surface area contributed by atoms with Gasteiger partial charge in [-0.05, 0) is 23.5 Å². The Balaban J connectivity index is 3.36. The number of rotatable bonds is 4. The third kappa shape index (κ3) is 4.70. The van der Waals surface area contributed by atoms with Gasteiger partial charge in [0.25, 0.3) is 3.79 Å². The molecule has 1 aliphatic heterocycles. The molecule has 0 fully saturated rings. The second kappa shape index (κ2) is 6.77. The summed E-state index contributed by atoms with van der Waals surface area (Å²) < 4.78 is 10.7. The van der Waals surface area contributed by atoms with Crippen LogP contribution in [0.5, 0.6) is 0 Å². The average Bonchev–Trinajstić information content (AvgIpc) is 2.78. The van der Waals surface area contributed by atoms with Crippen LogP contribution >= 0.6 is 34.8 Å². The van der Waals surface area contributed by atoms with Crippen LogP contribution in [0, 0.1) is 5.41 Å². The summed E-state index contributed by atoms with van der Waals surface area (Å²) >= 11 is 17.9. The number of hydrogen-bond donors (Lipinski definition) is 0. The number of nitrogens with zero attached hydrogens (tertiary/aromatic N) is 1. The van der Waals surface area contributed by atoms with Crippen molar-refractivity contribution >= 4 is 49.0 Å². The Morgan fingerprint density at radius 3 is 2.00 bits per heavy atom. The van der Waals surface area contributed by atoms with Crippen LogP contribution in [0.3, 0.4) is 0 Å². The maximum atomic E-state index is 6.76. The lowest BCUT2D eigenvalue weighted by molar-refractivity contribution is 0.0160. The van der Waals surface area contributed by atoms with Crippen molar-refractivity contribution in [2.75, 3.05) is 6.61 Å². The molecule has 7 heteroatoms. The molecule has 1 aliphatic rings. The number of hydrogen-bond acceptors (Lipinski definition) is 3. The van der Waals surface area contributed by atoms with E-state index in [9.17, 15) is 0 Å². The van der Waals surface area contributed by atoms with E-state index in [-0.39, 0.29) is 29.1 Å². The smallest absolute Gasteiger partial charge is 0.266 e. The Morgan fingerprint density at radius 2 is 1.71 bits per heavy atom. The van der Waals surface area contributed by atoms with Gasteiger partial charge in [0.05, 0.1) is 6.10 Å². The number of halogens is 3. The van der Waals surface area contributed by atoms with Crippen LogP contribution in [0.25, 0.3) is 0 Å². The molecule has 0 spiro atoms. The summed E-state index contributed by atoms with van der Waals surface area (Å²) in [5, 5.41) is 0.0695. The van der Waals surface area contributed by atoms with Crippen LogP contribution in [0.2, 0.25) is 18.1 Å². The Morgan fingerprint density at radius 1 is 1.21 bits per heavy atom. The molecule has 0 unspecified atom stereocenters. The van der Waals surface area contributed by atoms with E-state index in [0.29, 0.717) is 0 Å². The van der Waals surface area contributed by atoms with E-state index in [1.54, 1.807) is 6.08 Å². The van der Waals surface area contributed by atoms with Gasteiger partial charge in [-0.25, -0.2) is 4.99 Å². The van der Waals surface area contributed by atoms with Gasteiger partial charge in [-0.3, -0.25) is 0 Å². The van der Waals surface area contributed by atoms with Gasteiger partial charge >= 0.3 is 0 Å². The first-order valence-electron chi connectivity index (χ1n) is 8.07. The molecule has 0 aromatic heterocycles. The van der Waals surface area contributed by atoms with E-state index in [2.05, 4.69) is 66.2 Å². The van der Waals surface area contributed by atoms with Crippen molar-refractivity contribution in [2.24, 2.45) is 10.4 Å². The van der Waals surface area contributed by atoms with Crippen molar-refractivity contribution in [3.63, 3.8) is 0 Å². The molecule has 0 radical (unpaired) electrons. The highest BCUT2D eigenvalue weighted by Gasteiger charge is 2.53. The van der Waals surface area contributed by atoms with E-state index in [4.69, 9.17) is 44.0 Å². The van der Waals surface area contributed by atoms with Crippen LogP contribution in [-0.4, -0.2) is 36.3 Å². The quantitative estimate of drug-likeness (QED) is 0.314. The Bertz CT molecular complexity index is 515. The fourth-order valence-electron chi connectivity index (χ4n) is 2.43. The van der Waals surface area contributed by atoms with Gasteiger partial charge < -0.3 is 9.16 Å². The molecule has 0 amide bonds. The summed E-state index contributed by atoms with van der Waals surface area (Å²) in [5.74, 6) is 0.0977. The Kier molecular flexibility index (Phi) is 6.29. The molecule has 140 valence electrons. The average molecular weight is 415 g/mol. The summed E-state index contributed by atoms with van der Waals surface area (Å²) in [6, 6.07) is 0. The van der Waals surface area contributed by atoms with Gasteiger partial charge in [0.1, 0.15) is 12.1 Å². The highest BCUT2D eigenvalue weighted by Crippen LogP contribution is 2.45. The van der Waals surface area contributed by atoms with Gasteiger partial charge in [0.15, 0.2) is 8.32 Å². The lowest BCUT2D eigenvalue weighted by atomic mass is 9.77. The number of aliphatic imine (C=N–C) groups is 1. The highest BCUT2D eigenvalue weighted by molar-refractivity contribution is 6.76. The molecule has 0 aromatic rings. The van der Waals surface area contributed by atoms with Crippen LogP contribution in [0.4, 0.5) is 0 Å². The molecule has 3 nitrogen and oxygen atoms in total. The normalized spacial score (nSPS) is 24.4. The minimum Gasteiger partial charge on any atom is -0.475 e. The topological polar surface area (TPSA) is 30.8 Å². The largest absolute Gasteiger partial charge is 0.475 e. The van der Waals surface area contributed by atoms with E-state index >= 15 is 0 Å². The Hall–Kier alpha value is 0.257. The zero-order valence-electron chi connectivity index (χ0n) is 16.0. The van der Waals surface area contributed by atoms with Gasteiger partial charge in [0, 0.05) is 0 Å². The van der Waals surface area contributed by atoms with Gasteiger partial charge in [-0.15, -0.1) is 6.58 Å². The fourth-order valence-corrected chi connectivity index (χ4v) is 4.22. The summed E-state index contributed by atoms with van der Waals surface area (Å²) in [4.78, 5) is 4.62. The zero-order chi connectivity index (χ0) is 19.2. The monoisotopic (exact) mass is 413 g/mol. The molecule has 1 rings (SSSR count). The fraction of sp³-hybridized carbons (Fsp3) is 0.824. The van der Waals surface area contributed by atoms with Crippen molar-refractivity contribution in [3.8, 4) is 0 Å². The third-order valence-corrected chi connectivity index (χ3v) is 9.73. The third-order valence-electron chi connectivity index (χ3n) is 4.81. The first-order valence-corrected chi connectivity index (χ1v) is 12.1. The van der Waals surface area contributed by atoms with Gasteiger partial charge in [-0.1, -0.05) is 82.4 Å². The molecule has 0 aromatic carbocycles. The summed E-state index contributed by atoms with van der Waals surface area (Å²) in [6.45, 7) is 21.7. The molecule has 2 atom stereocenters. The molecule has 1 heterocycles. The molecule has 0 N–H and O–H groups in total. The second-order valence-electron chi connectivity index (χ2n) is 9.02. The van der Waals surface area contributed by atoms with E-state index in [1.807, 2.05) is 0 Å². The lowest BCUT2D eigenvalue weighted by Crippen LogP contribution is -2.56. The van der Waals surface area contributed by atoms with E-state index in [1.165, 1.54) is 0 Å². The minimum absolute atomic E-state index is 0.0695. The maximum Gasteiger partial charge on any atom is 0.266 e. The maximum absolute atomic E-state index is 6.76. The molecule has 0 saturated carbocycles. The predicted molar refractivity (Wildman–Crippen MR) is 108 cm³/mol. The number of alkyl halides is 3. The molecular weight excluding hydrogens is 385 g/mol. The van der Waals surface area contributed by atoms with Gasteiger partial charge in [-0.2, -0.15) is 0 Å². The summed E-state index contributed by atoms with van der Waals surface area (Å²) in [7, 11) is -2.05. The van der Waals surface area contributed by atoms with Crippen molar-refractivity contribution < 1.29 is 9.16 Å². The number of ether oxygens (including phenoxy) is 1. The van der Waals surface area contributed by atoms with Crippen LogP contribution in [-0.2, 0) is 9.16 Å². The summed E-state index contributed by atoms with van der Waals surface area (Å²) in [5.41, 5.74) is -0.966.